The molecule has 19 heavy (non-hydrogen) atoms. The first kappa shape index (κ1) is 15.0. The third kappa shape index (κ3) is 4.28. The van der Waals surface area contributed by atoms with Crippen molar-refractivity contribution < 1.29 is 14.7 Å². The van der Waals surface area contributed by atoms with Gasteiger partial charge in [0.05, 0.1) is 6.54 Å². The molecule has 0 saturated carbocycles. The van der Waals surface area contributed by atoms with Crippen molar-refractivity contribution in [2.45, 2.75) is 26.7 Å². The molecule has 2 amide bonds. The van der Waals surface area contributed by atoms with Gasteiger partial charge in [0, 0.05) is 12.1 Å². The minimum absolute atomic E-state index is 0.0842. The lowest BCUT2D eigenvalue weighted by Gasteiger charge is -2.22. The monoisotopic (exact) mass is 264 g/mol. The Morgan fingerprint density at radius 3 is 2.58 bits per heavy atom. The highest BCUT2D eigenvalue weighted by Crippen LogP contribution is 2.17. The number of primary amides is 1. The van der Waals surface area contributed by atoms with Crippen LogP contribution in [0, 0.1) is 6.92 Å². The lowest BCUT2D eigenvalue weighted by Crippen LogP contribution is -2.39. The number of hydrogen-bond donors (Lipinski definition) is 2. The van der Waals surface area contributed by atoms with Crippen molar-refractivity contribution in [3.8, 4) is 5.75 Å². The lowest BCUT2D eigenvalue weighted by atomic mass is 10.1. The Labute approximate surface area is 113 Å². The molecule has 0 bridgehead atoms. The number of phenolic OH excluding ortho intramolecular Hbond substituents is 1. The number of benzene rings is 1. The number of carbonyl (C=O) groups is 2. The van der Waals surface area contributed by atoms with Gasteiger partial charge >= 0.3 is 0 Å². The highest BCUT2D eigenvalue weighted by molar-refractivity contribution is 5.97. The molecular weight excluding hydrogens is 244 g/mol. The van der Waals surface area contributed by atoms with Crippen molar-refractivity contribution in [2.24, 2.45) is 5.73 Å². The van der Waals surface area contributed by atoms with Gasteiger partial charge in [-0.3, -0.25) is 9.59 Å². The van der Waals surface area contributed by atoms with Crippen molar-refractivity contribution in [3.05, 3.63) is 29.3 Å². The summed E-state index contributed by atoms with van der Waals surface area (Å²) in [6, 6.07) is 4.55. The van der Waals surface area contributed by atoms with Crippen LogP contribution in [0.3, 0.4) is 0 Å². The van der Waals surface area contributed by atoms with E-state index in [4.69, 9.17) is 5.73 Å². The van der Waals surface area contributed by atoms with E-state index in [0.717, 1.165) is 12.8 Å². The molecule has 0 aliphatic carbocycles. The summed E-state index contributed by atoms with van der Waals surface area (Å²) in [6.45, 7) is 4.17. The molecular formula is C14H20N2O3. The van der Waals surface area contributed by atoms with Crippen LogP contribution in [0.5, 0.6) is 5.75 Å². The number of carbonyl (C=O) groups excluding carboxylic acids is 2. The van der Waals surface area contributed by atoms with Crippen LogP contribution in [0.25, 0.3) is 0 Å². The standard InChI is InChI=1S/C14H20N2O3/c1-3-4-7-16(9-13(15)18)14(19)12-6-5-11(17)8-10(12)2/h5-6,8,17H,3-4,7,9H2,1-2H3,(H2,15,18). The van der Waals surface area contributed by atoms with Gasteiger partial charge in [-0.1, -0.05) is 13.3 Å². The average molecular weight is 264 g/mol. The Hall–Kier alpha value is -2.04. The average Bonchev–Trinajstić information content (AvgIpc) is 2.33. The molecule has 0 aromatic heterocycles. The summed E-state index contributed by atoms with van der Waals surface area (Å²) in [7, 11) is 0. The van der Waals surface area contributed by atoms with E-state index in [0.29, 0.717) is 17.7 Å². The number of unbranched alkanes of at least 4 members (excludes halogenated alkanes) is 1. The van der Waals surface area contributed by atoms with Gasteiger partial charge in [-0.05, 0) is 37.1 Å². The van der Waals surface area contributed by atoms with Gasteiger partial charge in [-0.2, -0.15) is 0 Å². The Kier molecular flexibility index (Phi) is 5.36. The molecule has 1 aromatic rings. The fourth-order valence-electron chi connectivity index (χ4n) is 1.85. The highest BCUT2D eigenvalue weighted by atomic mass is 16.3. The zero-order chi connectivity index (χ0) is 14.4. The van der Waals surface area contributed by atoms with Crippen LogP contribution in [0.4, 0.5) is 0 Å². The smallest absolute Gasteiger partial charge is 0.254 e. The number of aryl methyl sites for hydroxylation is 1. The van der Waals surface area contributed by atoms with E-state index in [9.17, 15) is 14.7 Å². The first-order valence-electron chi connectivity index (χ1n) is 6.33. The molecule has 5 nitrogen and oxygen atoms in total. The topological polar surface area (TPSA) is 83.6 Å². The van der Waals surface area contributed by atoms with E-state index < -0.39 is 5.91 Å². The number of amides is 2. The maximum atomic E-state index is 12.4. The summed E-state index contributed by atoms with van der Waals surface area (Å²) < 4.78 is 0. The summed E-state index contributed by atoms with van der Waals surface area (Å²) in [5.74, 6) is -0.644. The fourth-order valence-corrected chi connectivity index (χ4v) is 1.85. The van der Waals surface area contributed by atoms with E-state index in [-0.39, 0.29) is 18.2 Å². The first-order chi connectivity index (χ1) is 8.95. The minimum atomic E-state index is -0.527. The van der Waals surface area contributed by atoms with Gasteiger partial charge in [0.25, 0.3) is 5.91 Å². The van der Waals surface area contributed by atoms with Crippen LogP contribution >= 0.6 is 0 Å². The summed E-state index contributed by atoms with van der Waals surface area (Å²) in [5.41, 5.74) is 6.33. The normalized spacial score (nSPS) is 10.2. The second-order valence-electron chi connectivity index (χ2n) is 4.55. The van der Waals surface area contributed by atoms with Crippen molar-refractivity contribution in [1.82, 2.24) is 4.90 Å². The summed E-state index contributed by atoms with van der Waals surface area (Å²) in [5, 5.41) is 9.35. The zero-order valence-electron chi connectivity index (χ0n) is 11.3. The van der Waals surface area contributed by atoms with Gasteiger partial charge in [0.2, 0.25) is 5.91 Å². The predicted octanol–water partition coefficient (Wildman–Crippen LogP) is 1.43. The van der Waals surface area contributed by atoms with Crippen LogP contribution in [0.2, 0.25) is 0 Å². The summed E-state index contributed by atoms with van der Waals surface area (Å²) in [4.78, 5) is 24.8. The van der Waals surface area contributed by atoms with E-state index in [1.165, 1.54) is 17.0 Å². The highest BCUT2D eigenvalue weighted by Gasteiger charge is 2.18. The Balaban J connectivity index is 2.93. The third-order valence-electron chi connectivity index (χ3n) is 2.86. The molecule has 0 heterocycles. The molecule has 0 unspecified atom stereocenters. The maximum Gasteiger partial charge on any atom is 0.254 e. The molecule has 0 saturated heterocycles. The molecule has 3 N–H and O–H groups in total. The maximum absolute atomic E-state index is 12.4. The number of aromatic hydroxyl groups is 1. The quantitative estimate of drug-likeness (QED) is 0.815. The molecule has 1 aromatic carbocycles. The van der Waals surface area contributed by atoms with E-state index in [2.05, 4.69) is 0 Å². The molecule has 1 rings (SSSR count). The molecule has 0 aliphatic rings. The number of nitrogens with two attached hydrogens (primary N) is 1. The SMILES string of the molecule is CCCCN(CC(N)=O)C(=O)c1ccc(O)cc1C. The fraction of sp³-hybridized carbons (Fsp3) is 0.429. The number of nitrogens with zero attached hydrogens (tertiary/aromatic N) is 1. The van der Waals surface area contributed by atoms with Gasteiger partial charge < -0.3 is 15.7 Å². The van der Waals surface area contributed by atoms with E-state index in [1.807, 2.05) is 6.92 Å². The van der Waals surface area contributed by atoms with Gasteiger partial charge in [0.15, 0.2) is 0 Å². The number of phenols is 1. The van der Waals surface area contributed by atoms with Crippen molar-refractivity contribution in [1.29, 1.82) is 0 Å². The Bertz CT molecular complexity index is 472. The first-order valence-corrected chi connectivity index (χ1v) is 6.33. The van der Waals surface area contributed by atoms with Gasteiger partial charge in [-0.25, -0.2) is 0 Å². The molecule has 0 radical (unpaired) electrons. The van der Waals surface area contributed by atoms with Crippen LogP contribution in [0.15, 0.2) is 18.2 Å². The van der Waals surface area contributed by atoms with E-state index >= 15 is 0 Å². The summed E-state index contributed by atoms with van der Waals surface area (Å²) in [6.07, 6.45) is 1.74. The molecule has 5 heteroatoms. The van der Waals surface area contributed by atoms with Gasteiger partial charge in [-0.15, -0.1) is 0 Å². The van der Waals surface area contributed by atoms with Crippen LogP contribution in [-0.2, 0) is 4.79 Å². The third-order valence-corrected chi connectivity index (χ3v) is 2.86. The second kappa shape index (κ2) is 6.78. The van der Waals surface area contributed by atoms with Crippen LogP contribution < -0.4 is 5.73 Å². The predicted molar refractivity (Wildman–Crippen MR) is 72.8 cm³/mol. The molecule has 0 spiro atoms. The number of hydrogen-bond acceptors (Lipinski definition) is 3. The Morgan fingerprint density at radius 1 is 1.37 bits per heavy atom. The second-order valence-corrected chi connectivity index (χ2v) is 4.55. The van der Waals surface area contributed by atoms with Crippen molar-refractivity contribution in [2.75, 3.05) is 13.1 Å². The van der Waals surface area contributed by atoms with Crippen molar-refractivity contribution in [3.63, 3.8) is 0 Å². The van der Waals surface area contributed by atoms with Crippen LogP contribution in [0.1, 0.15) is 35.7 Å². The molecule has 0 aliphatic heterocycles. The molecule has 104 valence electrons. The van der Waals surface area contributed by atoms with E-state index in [1.54, 1.807) is 13.0 Å². The summed E-state index contributed by atoms with van der Waals surface area (Å²) >= 11 is 0. The largest absolute Gasteiger partial charge is 0.508 e. The lowest BCUT2D eigenvalue weighted by molar-refractivity contribution is -0.118. The van der Waals surface area contributed by atoms with Gasteiger partial charge in [0.1, 0.15) is 5.75 Å². The molecule has 0 atom stereocenters. The number of rotatable bonds is 6. The Morgan fingerprint density at radius 2 is 2.05 bits per heavy atom. The van der Waals surface area contributed by atoms with Crippen molar-refractivity contribution >= 4 is 11.8 Å². The zero-order valence-corrected chi connectivity index (χ0v) is 11.3. The minimum Gasteiger partial charge on any atom is -0.508 e. The van der Waals surface area contributed by atoms with Crippen LogP contribution in [-0.4, -0.2) is 34.9 Å². The molecule has 0 fully saturated rings.